The standard InChI is InChI=1S/C11H13BrClF/c1-8(7-13)2-3-9-4-5-10(12)6-11(9)14/h4-6,8H,2-3,7H2,1H3. The van der Waals surface area contributed by atoms with Crippen molar-refractivity contribution in [3.63, 3.8) is 0 Å². The largest absolute Gasteiger partial charge is 0.207 e. The average molecular weight is 280 g/mol. The molecule has 0 fully saturated rings. The molecule has 1 aromatic rings. The predicted octanol–water partition coefficient (Wildman–Crippen LogP) is 4.40. The molecule has 0 aliphatic rings. The number of alkyl halides is 1. The molecule has 3 heteroatoms. The zero-order chi connectivity index (χ0) is 10.6. The van der Waals surface area contributed by atoms with Gasteiger partial charge in [-0.2, -0.15) is 0 Å². The maximum Gasteiger partial charge on any atom is 0.127 e. The summed E-state index contributed by atoms with van der Waals surface area (Å²) in [4.78, 5) is 0. The van der Waals surface area contributed by atoms with Crippen LogP contribution in [-0.2, 0) is 6.42 Å². The Balaban J connectivity index is 2.59. The fraction of sp³-hybridized carbons (Fsp3) is 0.455. The minimum atomic E-state index is -0.138. The van der Waals surface area contributed by atoms with Gasteiger partial charge in [0.05, 0.1) is 0 Å². The molecule has 0 saturated carbocycles. The first-order valence-corrected chi connectivity index (χ1v) is 5.96. The van der Waals surface area contributed by atoms with Crippen LogP contribution in [0.15, 0.2) is 22.7 Å². The first-order chi connectivity index (χ1) is 6.63. The van der Waals surface area contributed by atoms with Crippen molar-refractivity contribution in [2.24, 2.45) is 5.92 Å². The highest BCUT2D eigenvalue weighted by molar-refractivity contribution is 9.10. The van der Waals surface area contributed by atoms with Crippen LogP contribution in [0.4, 0.5) is 4.39 Å². The van der Waals surface area contributed by atoms with E-state index in [-0.39, 0.29) is 5.82 Å². The number of benzene rings is 1. The second kappa shape index (κ2) is 5.72. The lowest BCUT2D eigenvalue weighted by Crippen LogP contribution is -2.00. The molecule has 0 radical (unpaired) electrons. The number of hydrogen-bond donors (Lipinski definition) is 0. The fourth-order valence-corrected chi connectivity index (χ4v) is 1.69. The van der Waals surface area contributed by atoms with E-state index in [2.05, 4.69) is 22.9 Å². The molecule has 0 aliphatic carbocycles. The summed E-state index contributed by atoms with van der Waals surface area (Å²) >= 11 is 8.91. The van der Waals surface area contributed by atoms with Gasteiger partial charge in [-0.3, -0.25) is 0 Å². The lowest BCUT2D eigenvalue weighted by Gasteiger charge is -2.07. The molecule has 78 valence electrons. The Morgan fingerprint density at radius 2 is 2.21 bits per heavy atom. The molecule has 0 N–H and O–H groups in total. The van der Waals surface area contributed by atoms with Crippen molar-refractivity contribution in [2.75, 3.05) is 5.88 Å². The Morgan fingerprint density at radius 3 is 2.79 bits per heavy atom. The number of aryl methyl sites for hydroxylation is 1. The average Bonchev–Trinajstić information content (AvgIpc) is 2.16. The number of rotatable bonds is 4. The van der Waals surface area contributed by atoms with Gasteiger partial charge < -0.3 is 0 Å². The molecule has 14 heavy (non-hydrogen) atoms. The van der Waals surface area contributed by atoms with Gasteiger partial charge in [0.25, 0.3) is 0 Å². The minimum absolute atomic E-state index is 0.138. The van der Waals surface area contributed by atoms with Gasteiger partial charge in [0.2, 0.25) is 0 Å². The Morgan fingerprint density at radius 1 is 1.50 bits per heavy atom. The molecule has 1 unspecified atom stereocenters. The van der Waals surface area contributed by atoms with Crippen molar-refractivity contribution in [3.05, 3.63) is 34.1 Å². The Labute approximate surface area is 97.6 Å². The smallest absolute Gasteiger partial charge is 0.127 e. The Bertz CT molecular complexity index is 301. The van der Waals surface area contributed by atoms with Crippen molar-refractivity contribution >= 4 is 27.5 Å². The first kappa shape index (κ1) is 12.0. The Kier molecular flexibility index (Phi) is 4.90. The van der Waals surface area contributed by atoms with Crippen molar-refractivity contribution in [1.29, 1.82) is 0 Å². The maximum atomic E-state index is 13.3. The van der Waals surface area contributed by atoms with Crippen LogP contribution in [-0.4, -0.2) is 5.88 Å². The van der Waals surface area contributed by atoms with E-state index < -0.39 is 0 Å². The summed E-state index contributed by atoms with van der Waals surface area (Å²) in [6.07, 6.45) is 1.69. The summed E-state index contributed by atoms with van der Waals surface area (Å²) in [5.74, 6) is 0.943. The third kappa shape index (κ3) is 3.58. The van der Waals surface area contributed by atoms with Gasteiger partial charge in [-0.25, -0.2) is 4.39 Å². The summed E-state index contributed by atoms with van der Waals surface area (Å²) in [7, 11) is 0. The van der Waals surface area contributed by atoms with Crippen molar-refractivity contribution in [1.82, 2.24) is 0 Å². The molecule has 0 aromatic heterocycles. The normalized spacial score (nSPS) is 12.9. The summed E-state index contributed by atoms with van der Waals surface area (Å²) in [6, 6.07) is 5.19. The molecule has 0 amide bonds. The van der Waals surface area contributed by atoms with Gasteiger partial charge in [-0.05, 0) is 36.5 Å². The van der Waals surface area contributed by atoms with Gasteiger partial charge in [0.15, 0.2) is 0 Å². The van der Waals surface area contributed by atoms with Crippen LogP contribution in [0.5, 0.6) is 0 Å². The van der Waals surface area contributed by atoms with Gasteiger partial charge in [-0.15, -0.1) is 11.6 Å². The maximum absolute atomic E-state index is 13.3. The van der Waals surface area contributed by atoms with Crippen LogP contribution in [0.1, 0.15) is 18.9 Å². The van der Waals surface area contributed by atoms with E-state index in [1.165, 1.54) is 6.07 Å². The number of hydrogen-bond acceptors (Lipinski definition) is 0. The molecule has 1 atom stereocenters. The third-order valence-electron chi connectivity index (χ3n) is 2.18. The van der Waals surface area contributed by atoms with Crippen LogP contribution in [0, 0.1) is 11.7 Å². The third-order valence-corrected chi connectivity index (χ3v) is 3.21. The second-order valence-electron chi connectivity index (χ2n) is 3.53. The highest BCUT2D eigenvalue weighted by Gasteiger charge is 2.05. The zero-order valence-corrected chi connectivity index (χ0v) is 10.4. The van der Waals surface area contributed by atoms with Crippen molar-refractivity contribution in [3.8, 4) is 0 Å². The van der Waals surface area contributed by atoms with E-state index in [0.29, 0.717) is 11.8 Å². The Hall–Kier alpha value is -0.0800. The van der Waals surface area contributed by atoms with E-state index in [1.54, 1.807) is 0 Å². The van der Waals surface area contributed by atoms with E-state index in [1.807, 2.05) is 12.1 Å². The zero-order valence-electron chi connectivity index (χ0n) is 8.06. The fourth-order valence-electron chi connectivity index (χ4n) is 1.20. The molecule has 0 saturated heterocycles. The number of halogens is 3. The SMILES string of the molecule is CC(CCl)CCc1ccc(Br)cc1F. The van der Waals surface area contributed by atoms with Gasteiger partial charge >= 0.3 is 0 Å². The molecule has 0 aliphatic heterocycles. The summed E-state index contributed by atoms with van der Waals surface area (Å²) in [6.45, 7) is 2.07. The highest BCUT2D eigenvalue weighted by atomic mass is 79.9. The predicted molar refractivity (Wildman–Crippen MR) is 62.3 cm³/mol. The van der Waals surface area contributed by atoms with Crippen LogP contribution >= 0.6 is 27.5 Å². The molecule has 1 aromatic carbocycles. The molecule has 0 nitrogen and oxygen atoms in total. The monoisotopic (exact) mass is 278 g/mol. The van der Waals surface area contributed by atoms with Crippen LogP contribution in [0.3, 0.4) is 0 Å². The molecular formula is C11H13BrClF. The summed E-state index contributed by atoms with van der Waals surface area (Å²) < 4.78 is 14.1. The molecular weight excluding hydrogens is 266 g/mol. The molecule has 0 bridgehead atoms. The van der Waals surface area contributed by atoms with E-state index in [4.69, 9.17) is 11.6 Å². The van der Waals surface area contributed by atoms with Gasteiger partial charge in [-0.1, -0.05) is 28.9 Å². The second-order valence-corrected chi connectivity index (χ2v) is 4.76. The quantitative estimate of drug-likeness (QED) is 0.717. The van der Waals surface area contributed by atoms with Gasteiger partial charge in [0, 0.05) is 10.4 Å². The molecule has 0 spiro atoms. The van der Waals surface area contributed by atoms with E-state index in [0.717, 1.165) is 22.9 Å². The van der Waals surface area contributed by atoms with Crippen molar-refractivity contribution in [2.45, 2.75) is 19.8 Å². The van der Waals surface area contributed by atoms with E-state index >= 15 is 0 Å². The highest BCUT2D eigenvalue weighted by Crippen LogP contribution is 2.18. The van der Waals surface area contributed by atoms with Crippen LogP contribution < -0.4 is 0 Å². The van der Waals surface area contributed by atoms with Crippen LogP contribution in [0.2, 0.25) is 0 Å². The first-order valence-electron chi connectivity index (χ1n) is 4.63. The lowest BCUT2D eigenvalue weighted by molar-refractivity contribution is 0.561. The lowest BCUT2D eigenvalue weighted by atomic mass is 10.0. The van der Waals surface area contributed by atoms with Crippen molar-refractivity contribution < 1.29 is 4.39 Å². The summed E-state index contributed by atoms with van der Waals surface area (Å²) in [5, 5.41) is 0. The topological polar surface area (TPSA) is 0 Å². The van der Waals surface area contributed by atoms with Crippen LogP contribution in [0.25, 0.3) is 0 Å². The van der Waals surface area contributed by atoms with E-state index in [9.17, 15) is 4.39 Å². The molecule has 0 heterocycles. The molecule has 1 rings (SSSR count). The minimum Gasteiger partial charge on any atom is -0.207 e. The summed E-state index contributed by atoms with van der Waals surface area (Å²) in [5.41, 5.74) is 0.769. The van der Waals surface area contributed by atoms with Gasteiger partial charge in [0.1, 0.15) is 5.82 Å².